The first-order valence-electron chi connectivity index (χ1n) is 6.26. The molecule has 0 spiro atoms. The van der Waals surface area contributed by atoms with Gasteiger partial charge in [-0.25, -0.2) is 4.39 Å². The molecular formula is C16H17FO2. The van der Waals surface area contributed by atoms with Crippen molar-refractivity contribution < 1.29 is 14.2 Å². The van der Waals surface area contributed by atoms with E-state index in [0.29, 0.717) is 6.42 Å². The number of aryl methyl sites for hydroxylation is 1. The van der Waals surface area contributed by atoms with Crippen LogP contribution in [-0.2, 0) is 6.42 Å². The van der Waals surface area contributed by atoms with Gasteiger partial charge in [-0.1, -0.05) is 24.3 Å². The lowest BCUT2D eigenvalue weighted by atomic mass is 10.0. The van der Waals surface area contributed by atoms with Gasteiger partial charge in [-0.15, -0.1) is 0 Å². The zero-order valence-corrected chi connectivity index (χ0v) is 10.8. The van der Waals surface area contributed by atoms with Crippen molar-refractivity contribution >= 4 is 0 Å². The second kappa shape index (κ2) is 6.34. The lowest BCUT2D eigenvalue weighted by Gasteiger charge is -2.13. The Hall–Kier alpha value is -1.87. The summed E-state index contributed by atoms with van der Waals surface area (Å²) < 4.78 is 18.4. The maximum atomic E-state index is 13.0. The lowest BCUT2D eigenvalue weighted by Crippen LogP contribution is -2.20. The molecule has 19 heavy (non-hydrogen) atoms. The summed E-state index contributed by atoms with van der Waals surface area (Å²) in [5.74, 6) is 0.480. The molecule has 0 radical (unpaired) electrons. The van der Waals surface area contributed by atoms with E-state index in [9.17, 15) is 9.50 Å². The summed E-state index contributed by atoms with van der Waals surface area (Å²) in [4.78, 5) is 0. The van der Waals surface area contributed by atoms with E-state index < -0.39 is 6.10 Å². The van der Waals surface area contributed by atoms with Crippen molar-refractivity contribution in [3.8, 4) is 5.75 Å². The highest BCUT2D eigenvalue weighted by molar-refractivity contribution is 5.27. The molecule has 1 unspecified atom stereocenters. The lowest BCUT2D eigenvalue weighted by molar-refractivity contribution is 0.107. The second-order valence-electron chi connectivity index (χ2n) is 4.55. The third kappa shape index (κ3) is 4.07. The van der Waals surface area contributed by atoms with Crippen LogP contribution in [0.3, 0.4) is 0 Å². The fourth-order valence-electron chi connectivity index (χ4n) is 1.91. The number of hydrogen-bond acceptors (Lipinski definition) is 2. The molecule has 100 valence electrons. The van der Waals surface area contributed by atoms with Crippen LogP contribution >= 0.6 is 0 Å². The van der Waals surface area contributed by atoms with Gasteiger partial charge in [0.05, 0.1) is 6.10 Å². The van der Waals surface area contributed by atoms with Crippen molar-refractivity contribution in [2.24, 2.45) is 0 Å². The Bertz CT molecular complexity index is 526. The van der Waals surface area contributed by atoms with E-state index in [1.165, 1.54) is 12.1 Å². The molecule has 0 bridgehead atoms. The standard InChI is InChI=1S/C16H17FO2/c1-12-9-14(17)8-7-13(12)10-15(18)11-19-16-5-3-2-4-6-16/h2-9,15,18H,10-11H2,1H3. The van der Waals surface area contributed by atoms with Gasteiger partial charge >= 0.3 is 0 Å². The Morgan fingerprint density at radius 3 is 2.58 bits per heavy atom. The van der Waals surface area contributed by atoms with Gasteiger partial charge in [0.15, 0.2) is 0 Å². The van der Waals surface area contributed by atoms with Crippen LogP contribution in [0.2, 0.25) is 0 Å². The summed E-state index contributed by atoms with van der Waals surface area (Å²) in [5, 5.41) is 9.94. The minimum absolute atomic E-state index is 0.223. The normalized spacial score (nSPS) is 12.2. The van der Waals surface area contributed by atoms with Gasteiger partial charge in [0.2, 0.25) is 0 Å². The quantitative estimate of drug-likeness (QED) is 0.895. The molecule has 2 rings (SSSR count). The van der Waals surface area contributed by atoms with Crippen LogP contribution in [0.1, 0.15) is 11.1 Å². The van der Waals surface area contributed by atoms with Gasteiger partial charge in [0, 0.05) is 6.42 Å². The van der Waals surface area contributed by atoms with Crippen molar-refractivity contribution in [1.29, 1.82) is 0 Å². The van der Waals surface area contributed by atoms with Gasteiger partial charge < -0.3 is 9.84 Å². The highest BCUT2D eigenvalue weighted by Crippen LogP contribution is 2.14. The Morgan fingerprint density at radius 2 is 1.89 bits per heavy atom. The van der Waals surface area contributed by atoms with Crippen molar-refractivity contribution in [1.82, 2.24) is 0 Å². The zero-order chi connectivity index (χ0) is 13.7. The van der Waals surface area contributed by atoms with Crippen LogP contribution in [-0.4, -0.2) is 17.8 Å². The Kier molecular flexibility index (Phi) is 4.53. The highest BCUT2D eigenvalue weighted by Gasteiger charge is 2.09. The predicted octanol–water partition coefficient (Wildman–Crippen LogP) is 3.12. The third-order valence-corrected chi connectivity index (χ3v) is 2.95. The van der Waals surface area contributed by atoms with Crippen molar-refractivity contribution in [2.75, 3.05) is 6.61 Å². The first kappa shape index (κ1) is 13.6. The van der Waals surface area contributed by atoms with Crippen LogP contribution in [0.25, 0.3) is 0 Å². The van der Waals surface area contributed by atoms with Crippen LogP contribution in [0.4, 0.5) is 4.39 Å². The number of hydrogen-bond donors (Lipinski definition) is 1. The van der Waals surface area contributed by atoms with Crippen LogP contribution in [0.5, 0.6) is 5.75 Å². The molecule has 0 aliphatic carbocycles. The van der Waals surface area contributed by atoms with E-state index in [-0.39, 0.29) is 12.4 Å². The number of halogens is 1. The summed E-state index contributed by atoms with van der Waals surface area (Å²) in [6, 6.07) is 13.9. The molecule has 0 aromatic heterocycles. The van der Waals surface area contributed by atoms with Gasteiger partial charge in [-0.05, 0) is 42.3 Å². The second-order valence-corrected chi connectivity index (χ2v) is 4.55. The first-order chi connectivity index (χ1) is 9.15. The molecular weight excluding hydrogens is 243 g/mol. The minimum atomic E-state index is -0.607. The largest absolute Gasteiger partial charge is 0.491 e. The van der Waals surface area contributed by atoms with Crippen LogP contribution in [0.15, 0.2) is 48.5 Å². The van der Waals surface area contributed by atoms with E-state index in [4.69, 9.17) is 4.74 Å². The third-order valence-electron chi connectivity index (χ3n) is 2.95. The molecule has 0 amide bonds. The van der Waals surface area contributed by atoms with Gasteiger partial charge in [0.25, 0.3) is 0 Å². The van der Waals surface area contributed by atoms with Crippen molar-refractivity contribution in [2.45, 2.75) is 19.4 Å². The Balaban J connectivity index is 1.89. The van der Waals surface area contributed by atoms with E-state index >= 15 is 0 Å². The summed E-state index contributed by atoms with van der Waals surface area (Å²) in [6.45, 7) is 2.06. The van der Waals surface area contributed by atoms with Gasteiger partial charge in [0.1, 0.15) is 18.2 Å². The SMILES string of the molecule is Cc1cc(F)ccc1CC(O)COc1ccccc1. The predicted molar refractivity (Wildman–Crippen MR) is 72.8 cm³/mol. The van der Waals surface area contributed by atoms with Crippen molar-refractivity contribution in [3.63, 3.8) is 0 Å². The molecule has 1 N–H and O–H groups in total. The van der Waals surface area contributed by atoms with Crippen LogP contribution < -0.4 is 4.74 Å². The number of para-hydroxylation sites is 1. The highest BCUT2D eigenvalue weighted by atomic mass is 19.1. The van der Waals surface area contributed by atoms with E-state index in [2.05, 4.69) is 0 Å². The molecule has 2 nitrogen and oxygen atoms in total. The Morgan fingerprint density at radius 1 is 1.16 bits per heavy atom. The molecule has 0 saturated carbocycles. The smallest absolute Gasteiger partial charge is 0.123 e. The van der Waals surface area contributed by atoms with E-state index in [1.54, 1.807) is 6.07 Å². The monoisotopic (exact) mass is 260 g/mol. The molecule has 0 fully saturated rings. The molecule has 0 aliphatic rings. The average molecular weight is 260 g/mol. The number of aliphatic hydroxyl groups is 1. The fraction of sp³-hybridized carbons (Fsp3) is 0.250. The summed E-state index contributed by atoms with van der Waals surface area (Å²) in [6.07, 6.45) is -0.150. The average Bonchev–Trinajstić information content (AvgIpc) is 2.41. The summed E-state index contributed by atoms with van der Waals surface area (Å²) >= 11 is 0. The maximum Gasteiger partial charge on any atom is 0.123 e. The van der Waals surface area contributed by atoms with Gasteiger partial charge in [-0.3, -0.25) is 0 Å². The number of rotatable bonds is 5. The summed E-state index contributed by atoms with van der Waals surface area (Å²) in [5.41, 5.74) is 1.78. The topological polar surface area (TPSA) is 29.5 Å². The molecule has 0 aliphatic heterocycles. The Labute approximate surface area is 112 Å². The molecule has 3 heteroatoms. The van der Waals surface area contributed by atoms with Crippen LogP contribution in [0, 0.1) is 12.7 Å². The number of ether oxygens (including phenoxy) is 1. The molecule has 2 aromatic carbocycles. The minimum Gasteiger partial charge on any atom is -0.491 e. The summed E-state index contributed by atoms with van der Waals surface area (Å²) in [7, 11) is 0. The number of benzene rings is 2. The van der Waals surface area contributed by atoms with Gasteiger partial charge in [-0.2, -0.15) is 0 Å². The molecule has 0 heterocycles. The molecule has 2 aromatic rings. The zero-order valence-electron chi connectivity index (χ0n) is 10.8. The number of aliphatic hydroxyl groups excluding tert-OH is 1. The first-order valence-corrected chi connectivity index (χ1v) is 6.26. The van der Waals surface area contributed by atoms with Crippen molar-refractivity contribution in [3.05, 3.63) is 65.5 Å². The fourth-order valence-corrected chi connectivity index (χ4v) is 1.91. The molecule has 1 atom stereocenters. The van der Waals surface area contributed by atoms with E-state index in [0.717, 1.165) is 16.9 Å². The molecule has 0 saturated heterocycles. The maximum absolute atomic E-state index is 13.0. The van der Waals surface area contributed by atoms with E-state index in [1.807, 2.05) is 37.3 Å².